The molecule has 0 saturated carbocycles. The lowest BCUT2D eigenvalue weighted by Gasteiger charge is -2.29. The minimum absolute atomic E-state index is 0.0382. The van der Waals surface area contributed by atoms with Crippen LogP contribution < -0.4 is 5.32 Å². The van der Waals surface area contributed by atoms with Gasteiger partial charge >= 0.3 is 12.1 Å². The van der Waals surface area contributed by atoms with E-state index in [1.807, 2.05) is 45.0 Å². The number of carbonyl (C=O) groups excluding carboxylic acids is 2. The predicted octanol–water partition coefficient (Wildman–Crippen LogP) is 4.76. The fraction of sp³-hybridized carbons (Fsp3) is 0.464. The highest BCUT2D eigenvalue weighted by Crippen LogP contribution is 2.44. The van der Waals surface area contributed by atoms with Crippen LogP contribution in [0.4, 0.5) is 4.79 Å². The number of alkyl carbamates (subject to hydrolysis) is 1. The average Bonchev–Trinajstić information content (AvgIpc) is 3.12. The van der Waals surface area contributed by atoms with Crippen molar-refractivity contribution in [1.82, 2.24) is 10.2 Å². The summed E-state index contributed by atoms with van der Waals surface area (Å²) in [7, 11) is 1.60. The minimum Gasteiger partial charge on any atom is -0.481 e. The molecule has 0 bridgehead atoms. The highest BCUT2D eigenvalue weighted by molar-refractivity contribution is 5.81. The molecule has 35 heavy (non-hydrogen) atoms. The molecule has 0 fully saturated rings. The largest absolute Gasteiger partial charge is 0.481 e. The summed E-state index contributed by atoms with van der Waals surface area (Å²) in [6.45, 7) is 8.09. The molecule has 0 aliphatic heterocycles. The first-order chi connectivity index (χ1) is 16.5. The molecule has 2 aromatic rings. The van der Waals surface area contributed by atoms with Gasteiger partial charge in [-0.25, -0.2) is 4.79 Å². The molecular weight excluding hydrogens is 444 g/mol. The van der Waals surface area contributed by atoms with Crippen LogP contribution in [0.1, 0.15) is 51.2 Å². The third-order valence-electron chi connectivity index (χ3n) is 6.39. The van der Waals surface area contributed by atoms with Crippen LogP contribution in [0.3, 0.4) is 0 Å². The number of aliphatic carboxylic acids is 1. The fourth-order valence-corrected chi connectivity index (χ4v) is 4.73. The Balaban J connectivity index is 1.62. The molecule has 2 aromatic carbocycles. The van der Waals surface area contributed by atoms with E-state index < -0.39 is 23.9 Å². The third kappa shape index (κ3) is 6.62. The van der Waals surface area contributed by atoms with Crippen LogP contribution in [-0.2, 0) is 14.3 Å². The number of fused-ring (bicyclic) bond motifs is 3. The summed E-state index contributed by atoms with van der Waals surface area (Å²) in [6.07, 6.45) is -0.0264. The number of carboxylic acid groups (broad SMARTS) is 1. The van der Waals surface area contributed by atoms with Gasteiger partial charge in [0, 0.05) is 26.1 Å². The fourth-order valence-electron chi connectivity index (χ4n) is 4.73. The first-order valence-corrected chi connectivity index (χ1v) is 12.0. The molecule has 0 heterocycles. The molecule has 0 saturated heterocycles. The Morgan fingerprint density at radius 3 is 2.09 bits per heavy atom. The molecule has 188 valence electrons. The number of nitrogens with one attached hydrogen (secondary N) is 1. The highest BCUT2D eigenvalue weighted by Gasteiger charge is 2.31. The molecule has 2 unspecified atom stereocenters. The van der Waals surface area contributed by atoms with Crippen LogP contribution in [0.25, 0.3) is 11.1 Å². The summed E-state index contributed by atoms with van der Waals surface area (Å²) in [6, 6.07) is 16.3. The van der Waals surface area contributed by atoms with Gasteiger partial charge in [0.05, 0.1) is 11.8 Å². The second-order valence-corrected chi connectivity index (χ2v) is 10.6. The van der Waals surface area contributed by atoms with Gasteiger partial charge < -0.3 is 20.1 Å². The Bertz CT molecular complexity index is 1030. The number of carboxylic acids is 1. The van der Waals surface area contributed by atoms with Crippen molar-refractivity contribution in [2.45, 2.75) is 40.0 Å². The van der Waals surface area contributed by atoms with Crippen LogP contribution in [0.2, 0.25) is 0 Å². The van der Waals surface area contributed by atoms with Crippen molar-refractivity contribution in [3.05, 3.63) is 59.7 Å². The van der Waals surface area contributed by atoms with Crippen LogP contribution >= 0.6 is 0 Å². The number of rotatable bonds is 9. The van der Waals surface area contributed by atoms with Gasteiger partial charge in [0.2, 0.25) is 5.91 Å². The molecule has 2 amide bonds. The van der Waals surface area contributed by atoms with Crippen molar-refractivity contribution in [2.24, 2.45) is 17.3 Å². The zero-order valence-corrected chi connectivity index (χ0v) is 21.2. The van der Waals surface area contributed by atoms with E-state index in [0.717, 1.165) is 22.3 Å². The van der Waals surface area contributed by atoms with E-state index in [1.165, 1.54) is 4.90 Å². The molecule has 1 aliphatic carbocycles. The first kappa shape index (κ1) is 26.3. The van der Waals surface area contributed by atoms with Gasteiger partial charge in [0.25, 0.3) is 0 Å². The second-order valence-electron chi connectivity index (χ2n) is 10.6. The summed E-state index contributed by atoms with van der Waals surface area (Å²) in [5.74, 6) is -2.33. The molecular formula is C28H36N2O5. The first-order valence-electron chi connectivity index (χ1n) is 12.0. The monoisotopic (exact) mass is 480 g/mol. The van der Waals surface area contributed by atoms with E-state index in [-0.39, 0.29) is 36.9 Å². The molecule has 1 aliphatic rings. The normalized spacial score (nSPS) is 14.4. The van der Waals surface area contributed by atoms with E-state index in [2.05, 4.69) is 29.6 Å². The number of benzene rings is 2. The van der Waals surface area contributed by atoms with Gasteiger partial charge in [-0.1, -0.05) is 76.2 Å². The lowest BCUT2D eigenvalue weighted by molar-refractivity contribution is -0.143. The van der Waals surface area contributed by atoms with Gasteiger partial charge in [0.1, 0.15) is 6.61 Å². The number of amides is 2. The summed E-state index contributed by atoms with van der Waals surface area (Å²) < 4.78 is 5.60. The Labute approximate surface area is 207 Å². The quantitative estimate of drug-likeness (QED) is 0.540. The number of hydrogen-bond acceptors (Lipinski definition) is 4. The Hall–Kier alpha value is -3.35. The molecule has 3 rings (SSSR count). The van der Waals surface area contributed by atoms with Crippen molar-refractivity contribution in [3.8, 4) is 11.1 Å². The second kappa shape index (κ2) is 10.9. The topological polar surface area (TPSA) is 95.9 Å². The number of nitrogens with zero attached hydrogens (tertiary/aromatic N) is 1. The average molecular weight is 481 g/mol. The standard InChI is InChI=1S/C28H36N2O5/c1-18(26(32)33)16-30(5)25(31)19(14-28(2,3)4)15-29-27(34)35-17-24-22-12-8-6-10-20(22)21-11-7-9-13-23(21)24/h6-13,18-19,24H,14-17H2,1-5H3,(H,29,34)(H,32,33). The molecule has 7 nitrogen and oxygen atoms in total. The Kier molecular flexibility index (Phi) is 8.20. The zero-order valence-electron chi connectivity index (χ0n) is 21.2. The van der Waals surface area contributed by atoms with E-state index in [9.17, 15) is 19.5 Å². The van der Waals surface area contributed by atoms with Crippen molar-refractivity contribution in [1.29, 1.82) is 0 Å². The predicted molar refractivity (Wildman–Crippen MR) is 135 cm³/mol. The molecule has 7 heteroatoms. The van der Waals surface area contributed by atoms with Crippen LogP contribution in [0, 0.1) is 17.3 Å². The SMILES string of the molecule is CC(CN(C)C(=O)C(CNC(=O)OCC1c2ccccc2-c2ccccc21)CC(C)(C)C)C(=O)O. The van der Waals surface area contributed by atoms with Gasteiger partial charge in [-0.3, -0.25) is 9.59 Å². The number of hydrogen-bond donors (Lipinski definition) is 2. The maximum absolute atomic E-state index is 13.1. The lowest BCUT2D eigenvalue weighted by atomic mass is 9.84. The van der Waals surface area contributed by atoms with Crippen LogP contribution in [-0.4, -0.2) is 54.7 Å². The Morgan fingerprint density at radius 2 is 1.57 bits per heavy atom. The molecule has 0 radical (unpaired) electrons. The summed E-state index contributed by atoms with van der Waals surface area (Å²) in [5, 5.41) is 11.9. The Morgan fingerprint density at radius 1 is 1.03 bits per heavy atom. The lowest BCUT2D eigenvalue weighted by Crippen LogP contribution is -2.43. The smallest absolute Gasteiger partial charge is 0.407 e. The third-order valence-corrected chi connectivity index (χ3v) is 6.39. The van der Waals surface area contributed by atoms with E-state index in [4.69, 9.17) is 4.74 Å². The number of carbonyl (C=O) groups is 3. The molecule has 2 N–H and O–H groups in total. The molecule has 0 aromatic heterocycles. The van der Waals surface area contributed by atoms with E-state index >= 15 is 0 Å². The van der Waals surface area contributed by atoms with Crippen LogP contribution in [0.5, 0.6) is 0 Å². The van der Waals surface area contributed by atoms with Crippen molar-refractivity contribution in [2.75, 3.05) is 26.7 Å². The molecule has 0 spiro atoms. The van der Waals surface area contributed by atoms with E-state index in [1.54, 1.807) is 14.0 Å². The van der Waals surface area contributed by atoms with Gasteiger partial charge in [-0.2, -0.15) is 0 Å². The zero-order chi connectivity index (χ0) is 25.8. The van der Waals surface area contributed by atoms with Gasteiger partial charge in [0.15, 0.2) is 0 Å². The van der Waals surface area contributed by atoms with Crippen molar-refractivity contribution in [3.63, 3.8) is 0 Å². The van der Waals surface area contributed by atoms with Crippen molar-refractivity contribution < 1.29 is 24.2 Å². The summed E-state index contributed by atoms with van der Waals surface area (Å²) >= 11 is 0. The minimum atomic E-state index is -0.950. The van der Waals surface area contributed by atoms with E-state index in [0.29, 0.717) is 6.42 Å². The van der Waals surface area contributed by atoms with Crippen LogP contribution in [0.15, 0.2) is 48.5 Å². The molecule has 2 atom stereocenters. The number of ether oxygens (including phenoxy) is 1. The summed E-state index contributed by atoms with van der Waals surface area (Å²) in [5.41, 5.74) is 4.44. The highest BCUT2D eigenvalue weighted by atomic mass is 16.5. The maximum atomic E-state index is 13.1. The van der Waals surface area contributed by atoms with Crippen molar-refractivity contribution >= 4 is 18.0 Å². The van der Waals surface area contributed by atoms with Gasteiger partial charge in [-0.15, -0.1) is 0 Å². The summed E-state index contributed by atoms with van der Waals surface area (Å²) in [4.78, 5) is 38.3. The van der Waals surface area contributed by atoms with Gasteiger partial charge in [-0.05, 0) is 34.1 Å². The maximum Gasteiger partial charge on any atom is 0.407 e.